The number of hydrogen-bond acceptors (Lipinski definition) is 5. The van der Waals surface area contributed by atoms with Crippen LogP contribution in [0.1, 0.15) is 46.5 Å². The van der Waals surface area contributed by atoms with E-state index in [1.165, 1.54) is 0 Å². The van der Waals surface area contributed by atoms with Gasteiger partial charge in [0, 0.05) is 44.0 Å². The first-order chi connectivity index (χ1) is 13.7. The van der Waals surface area contributed by atoms with Gasteiger partial charge >= 0.3 is 6.09 Å². The molecule has 8 heteroatoms. The highest BCUT2D eigenvalue weighted by Gasteiger charge is 2.18. The first-order valence-corrected chi connectivity index (χ1v) is 9.95. The molecule has 0 spiro atoms. The molecular weight excluding hydrogens is 374 g/mol. The fourth-order valence-corrected chi connectivity index (χ4v) is 2.92. The van der Waals surface area contributed by atoms with Crippen molar-refractivity contribution in [2.75, 3.05) is 30.4 Å². The molecule has 1 fully saturated rings. The van der Waals surface area contributed by atoms with E-state index in [0.29, 0.717) is 36.9 Å². The van der Waals surface area contributed by atoms with Crippen LogP contribution in [0.4, 0.5) is 16.2 Å². The topological polar surface area (TPSA) is 106 Å². The van der Waals surface area contributed by atoms with E-state index in [9.17, 15) is 14.4 Å². The Morgan fingerprint density at radius 3 is 2.31 bits per heavy atom. The summed E-state index contributed by atoms with van der Waals surface area (Å²) in [5.41, 5.74) is 0.630. The number of nitrogens with one attached hydrogen (secondary N) is 3. The predicted octanol–water partition coefficient (Wildman–Crippen LogP) is 3.30. The van der Waals surface area contributed by atoms with Gasteiger partial charge in [-0.05, 0) is 57.7 Å². The van der Waals surface area contributed by atoms with Crippen molar-refractivity contribution in [1.29, 1.82) is 0 Å². The Balaban J connectivity index is 1.74. The van der Waals surface area contributed by atoms with Crippen LogP contribution in [0.15, 0.2) is 24.3 Å². The summed E-state index contributed by atoms with van der Waals surface area (Å²) in [5, 5.41) is 8.18. The van der Waals surface area contributed by atoms with E-state index in [0.717, 1.165) is 12.8 Å². The van der Waals surface area contributed by atoms with Gasteiger partial charge in [-0.2, -0.15) is 0 Å². The molecule has 0 saturated carbocycles. The van der Waals surface area contributed by atoms with Crippen molar-refractivity contribution >= 4 is 29.3 Å². The first-order valence-electron chi connectivity index (χ1n) is 9.95. The van der Waals surface area contributed by atoms with Gasteiger partial charge in [0.05, 0.1) is 0 Å². The highest BCUT2D eigenvalue weighted by atomic mass is 16.6. The highest BCUT2D eigenvalue weighted by Crippen LogP contribution is 2.20. The SMILES string of the molecule is CC(C)(C)OC(=O)NCCC(=O)Nc1cccc(NC(=O)CC2CCOCC2)c1. The monoisotopic (exact) mass is 405 g/mol. The summed E-state index contributed by atoms with van der Waals surface area (Å²) in [5.74, 6) is 0.0674. The predicted molar refractivity (Wildman–Crippen MR) is 111 cm³/mol. The average molecular weight is 405 g/mol. The Bertz CT molecular complexity index is 709. The molecule has 0 radical (unpaired) electrons. The van der Waals surface area contributed by atoms with Crippen molar-refractivity contribution in [2.45, 2.75) is 52.1 Å². The number of carbonyl (C=O) groups excluding carboxylic acids is 3. The van der Waals surface area contributed by atoms with E-state index in [1.807, 2.05) is 0 Å². The van der Waals surface area contributed by atoms with Crippen LogP contribution < -0.4 is 16.0 Å². The van der Waals surface area contributed by atoms with Crippen LogP contribution in [-0.4, -0.2) is 43.3 Å². The molecule has 0 aromatic heterocycles. The van der Waals surface area contributed by atoms with E-state index >= 15 is 0 Å². The molecule has 1 aliphatic heterocycles. The van der Waals surface area contributed by atoms with Gasteiger partial charge in [-0.15, -0.1) is 0 Å². The van der Waals surface area contributed by atoms with Crippen molar-refractivity contribution in [3.63, 3.8) is 0 Å². The maximum absolute atomic E-state index is 12.2. The summed E-state index contributed by atoms with van der Waals surface area (Å²) in [6, 6.07) is 6.99. The van der Waals surface area contributed by atoms with Gasteiger partial charge in [0.1, 0.15) is 5.60 Å². The van der Waals surface area contributed by atoms with Gasteiger partial charge in [-0.1, -0.05) is 6.07 Å². The van der Waals surface area contributed by atoms with Crippen molar-refractivity contribution < 1.29 is 23.9 Å². The average Bonchev–Trinajstić information content (AvgIpc) is 2.61. The Morgan fingerprint density at radius 2 is 1.69 bits per heavy atom. The molecular formula is C21H31N3O5. The van der Waals surface area contributed by atoms with Crippen LogP contribution in [0, 0.1) is 5.92 Å². The maximum Gasteiger partial charge on any atom is 0.407 e. The van der Waals surface area contributed by atoms with E-state index in [4.69, 9.17) is 9.47 Å². The van der Waals surface area contributed by atoms with E-state index in [1.54, 1.807) is 45.0 Å². The normalized spacial score (nSPS) is 14.7. The van der Waals surface area contributed by atoms with Crippen molar-refractivity contribution in [2.24, 2.45) is 5.92 Å². The van der Waals surface area contributed by atoms with Crippen LogP contribution in [0.5, 0.6) is 0 Å². The molecule has 1 aromatic carbocycles. The Morgan fingerprint density at radius 1 is 1.07 bits per heavy atom. The third kappa shape index (κ3) is 9.43. The van der Waals surface area contributed by atoms with Crippen molar-refractivity contribution in [3.8, 4) is 0 Å². The van der Waals surface area contributed by atoms with Gasteiger partial charge in [-0.25, -0.2) is 4.79 Å². The molecule has 1 heterocycles. The van der Waals surface area contributed by atoms with E-state index in [-0.39, 0.29) is 24.8 Å². The molecule has 29 heavy (non-hydrogen) atoms. The lowest BCUT2D eigenvalue weighted by molar-refractivity contribution is -0.118. The van der Waals surface area contributed by atoms with Crippen molar-refractivity contribution in [1.82, 2.24) is 5.32 Å². The lowest BCUT2D eigenvalue weighted by Crippen LogP contribution is -2.34. The summed E-state index contributed by atoms with van der Waals surface area (Å²) >= 11 is 0. The molecule has 160 valence electrons. The Labute approximate surface area is 171 Å². The fourth-order valence-electron chi connectivity index (χ4n) is 2.92. The molecule has 3 amide bonds. The summed E-state index contributed by atoms with van der Waals surface area (Å²) < 4.78 is 10.4. The minimum absolute atomic E-state index is 0.0399. The number of rotatable bonds is 7. The number of carbonyl (C=O) groups is 3. The quantitative estimate of drug-likeness (QED) is 0.645. The number of anilines is 2. The minimum Gasteiger partial charge on any atom is -0.444 e. The number of amides is 3. The number of hydrogen-bond donors (Lipinski definition) is 3. The van der Waals surface area contributed by atoms with Crippen molar-refractivity contribution in [3.05, 3.63) is 24.3 Å². The molecule has 0 atom stereocenters. The van der Waals surface area contributed by atoms with Gasteiger partial charge < -0.3 is 25.4 Å². The number of ether oxygens (including phenoxy) is 2. The van der Waals surface area contributed by atoms with E-state index < -0.39 is 11.7 Å². The highest BCUT2D eigenvalue weighted by molar-refractivity contribution is 5.94. The minimum atomic E-state index is -0.581. The molecule has 0 unspecified atom stereocenters. The standard InChI is InChI=1S/C21H31N3O5/c1-21(2,3)29-20(27)22-10-7-18(25)23-16-5-4-6-17(14-16)24-19(26)13-15-8-11-28-12-9-15/h4-6,14-15H,7-13H2,1-3H3,(H,22,27)(H,23,25)(H,24,26). The molecule has 3 N–H and O–H groups in total. The Kier molecular flexibility index (Phi) is 8.45. The molecule has 1 saturated heterocycles. The van der Waals surface area contributed by atoms with Crippen LogP contribution in [0.2, 0.25) is 0 Å². The first kappa shape index (κ1) is 22.7. The maximum atomic E-state index is 12.2. The molecule has 2 rings (SSSR count). The second kappa shape index (κ2) is 10.8. The van der Waals surface area contributed by atoms with E-state index in [2.05, 4.69) is 16.0 Å². The zero-order valence-corrected chi connectivity index (χ0v) is 17.4. The molecule has 8 nitrogen and oxygen atoms in total. The van der Waals surface area contributed by atoms with Crippen LogP contribution >= 0.6 is 0 Å². The third-order valence-electron chi connectivity index (χ3n) is 4.27. The summed E-state index contributed by atoms with van der Waals surface area (Å²) in [4.78, 5) is 35.9. The number of alkyl carbamates (subject to hydrolysis) is 1. The van der Waals surface area contributed by atoms with Crippen LogP contribution in [0.25, 0.3) is 0 Å². The van der Waals surface area contributed by atoms with Crippen LogP contribution in [0.3, 0.4) is 0 Å². The molecule has 1 aliphatic rings. The summed E-state index contributed by atoms with van der Waals surface area (Å²) in [6.07, 6.45) is 1.83. The lowest BCUT2D eigenvalue weighted by atomic mass is 9.96. The fraction of sp³-hybridized carbons (Fsp3) is 0.571. The zero-order valence-electron chi connectivity index (χ0n) is 17.4. The molecule has 0 bridgehead atoms. The van der Waals surface area contributed by atoms with Gasteiger partial charge in [-0.3, -0.25) is 9.59 Å². The molecule has 1 aromatic rings. The van der Waals surface area contributed by atoms with Gasteiger partial charge in [0.2, 0.25) is 11.8 Å². The second-order valence-corrected chi connectivity index (χ2v) is 8.12. The lowest BCUT2D eigenvalue weighted by Gasteiger charge is -2.21. The third-order valence-corrected chi connectivity index (χ3v) is 4.27. The zero-order chi connectivity index (χ0) is 21.3. The largest absolute Gasteiger partial charge is 0.444 e. The smallest absolute Gasteiger partial charge is 0.407 e. The number of benzene rings is 1. The second-order valence-electron chi connectivity index (χ2n) is 8.12. The molecule has 0 aliphatic carbocycles. The van der Waals surface area contributed by atoms with Gasteiger partial charge in [0.25, 0.3) is 0 Å². The van der Waals surface area contributed by atoms with Gasteiger partial charge in [0.15, 0.2) is 0 Å². The summed E-state index contributed by atoms with van der Waals surface area (Å²) in [6.45, 7) is 6.91. The van der Waals surface area contributed by atoms with Crippen LogP contribution in [-0.2, 0) is 19.1 Å². The Hall–Kier alpha value is -2.61. The summed E-state index contributed by atoms with van der Waals surface area (Å²) in [7, 11) is 0.